The van der Waals surface area contributed by atoms with Gasteiger partial charge in [0, 0.05) is 12.1 Å². The Morgan fingerprint density at radius 2 is 2.00 bits per heavy atom. The summed E-state index contributed by atoms with van der Waals surface area (Å²) in [5.41, 5.74) is 6.53. The predicted molar refractivity (Wildman–Crippen MR) is 95.9 cm³/mol. The minimum Gasteiger partial charge on any atom is -0.534 e. The summed E-state index contributed by atoms with van der Waals surface area (Å²) in [5.74, 6) is -1.81. The lowest BCUT2D eigenvalue weighted by atomic mass is 9.72. The average Bonchev–Trinajstić information content (AvgIpc) is 2.61. The van der Waals surface area contributed by atoms with Gasteiger partial charge in [0.1, 0.15) is 5.75 Å². The average molecular weight is 361 g/mol. The topological polar surface area (TPSA) is 134 Å². The second-order valence-corrected chi connectivity index (χ2v) is 6.98. The fourth-order valence-electron chi connectivity index (χ4n) is 3.53. The third-order valence-corrected chi connectivity index (χ3v) is 5.02. The van der Waals surface area contributed by atoms with Crippen LogP contribution in [-0.4, -0.2) is 53.7 Å². The molecule has 1 aromatic carbocycles. The normalized spacial score (nSPS) is 25.2. The number of para-hydroxylation sites is 1. The largest absolute Gasteiger partial charge is 0.547 e. The number of nitrogens with two attached hydrogens (primary N) is 1. The van der Waals surface area contributed by atoms with Crippen LogP contribution >= 0.6 is 0 Å². The van der Waals surface area contributed by atoms with E-state index >= 15 is 0 Å². The molecule has 1 aliphatic heterocycles. The molecule has 1 heterocycles. The van der Waals surface area contributed by atoms with Gasteiger partial charge in [-0.25, -0.2) is 4.79 Å². The molecule has 2 aliphatic rings. The molecule has 3 rings (SSSR count). The van der Waals surface area contributed by atoms with Crippen molar-refractivity contribution in [2.45, 2.75) is 50.1 Å². The number of benzene rings is 1. The smallest absolute Gasteiger partial charge is 0.534 e. The Kier molecular flexibility index (Phi) is 5.80. The number of amides is 1. The minimum absolute atomic E-state index is 0.00324. The number of hydrogen-bond donors (Lipinski definition) is 5. The first-order valence-electron chi connectivity index (χ1n) is 8.92. The maximum absolute atomic E-state index is 12.2. The molecule has 0 unspecified atom stereocenters. The van der Waals surface area contributed by atoms with Crippen LogP contribution in [0.3, 0.4) is 0 Å². The van der Waals surface area contributed by atoms with E-state index in [1.165, 1.54) is 6.07 Å². The number of carbonyl (C=O) groups excluding carboxylic acids is 1. The summed E-state index contributed by atoms with van der Waals surface area (Å²) in [4.78, 5) is 23.4. The highest BCUT2D eigenvalue weighted by atomic mass is 16.5. The Balaban J connectivity index is 1.54. The fourth-order valence-corrected chi connectivity index (χ4v) is 3.53. The van der Waals surface area contributed by atoms with Crippen molar-refractivity contribution in [2.75, 3.05) is 6.54 Å². The molecular formula is C17H24BN3O5. The standard InChI is InChI=1S/C17H24BN3O5/c19-11-4-6-12(7-5-11)20-9-15(22)21-14-8-10-2-1-3-13(17(23)24)16(10)26-18(14)25/h1-3,11-12,14,20,25H,4-9,19H2,(H,21,22)(H,23,24)/t11-,12-,14-/m0/s1. The summed E-state index contributed by atoms with van der Waals surface area (Å²) >= 11 is 0. The highest BCUT2D eigenvalue weighted by Crippen LogP contribution is 2.30. The van der Waals surface area contributed by atoms with E-state index in [-0.39, 0.29) is 35.8 Å². The molecular weight excluding hydrogens is 337 g/mol. The van der Waals surface area contributed by atoms with Crippen molar-refractivity contribution in [3.8, 4) is 5.75 Å². The van der Waals surface area contributed by atoms with Crippen LogP contribution in [0.15, 0.2) is 18.2 Å². The van der Waals surface area contributed by atoms with E-state index in [9.17, 15) is 19.7 Å². The van der Waals surface area contributed by atoms with Gasteiger partial charge < -0.3 is 31.2 Å². The van der Waals surface area contributed by atoms with Crippen LogP contribution < -0.4 is 21.0 Å². The lowest BCUT2D eigenvalue weighted by molar-refractivity contribution is -0.120. The molecule has 1 aromatic rings. The van der Waals surface area contributed by atoms with Gasteiger partial charge >= 0.3 is 13.1 Å². The van der Waals surface area contributed by atoms with Gasteiger partial charge in [-0.15, -0.1) is 0 Å². The second kappa shape index (κ2) is 8.07. The third kappa shape index (κ3) is 4.35. The third-order valence-electron chi connectivity index (χ3n) is 5.02. The highest BCUT2D eigenvalue weighted by molar-refractivity contribution is 6.47. The van der Waals surface area contributed by atoms with E-state index in [4.69, 9.17) is 10.4 Å². The van der Waals surface area contributed by atoms with Crippen LogP contribution in [0.2, 0.25) is 0 Å². The lowest BCUT2D eigenvalue weighted by Crippen LogP contribution is -2.55. The van der Waals surface area contributed by atoms with Gasteiger partial charge in [-0.05, 0) is 43.7 Å². The Hall–Kier alpha value is -2.10. The Morgan fingerprint density at radius 1 is 1.27 bits per heavy atom. The van der Waals surface area contributed by atoms with Crippen molar-refractivity contribution in [3.05, 3.63) is 29.3 Å². The van der Waals surface area contributed by atoms with Crippen LogP contribution in [0.25, 0.3) is 0 Å². The van der Waals surface area contributed by atoms with E-state index in [0.717, 1.165) is 25.7 Å². The molecule has 140 valence electrons. The summed E-state index contributed by atoms with van der Waals surface area (Å²) in [7, 11) is -1.29. The molecule has 26 heavy (non-hydrogen) atoms. The van der Waals surface area contributed by atoms with Crippen molar-refractivity contribution < 1.29 is 24.4 Å². The van der Waals surface area contributed by atoms with E-state index in [0.29, 0.717) is 12.0 Å². The second-order valence-electron chi connectivity index (χ2n) is 6.98. The summed E-state index contributed by atoms with van der Waals surface area (Å²) in [6.07, 6.45) is 4.12. The number of carboxylic acid groups (broad SMARTS) is 1. The number of fused-ring (bicyclic) bond motifs is 1. The van der Waals surface area contributed by atoms with Crippen molar-refractivity contribution in [2.24, 2.45) is 5.73 Å². The van der Waals surface area contributed by atoms with Gasteiger partial charge in [0.2, 0.25) is 5.91 Å². The molecule has 0 saturated heterocycles. The van der Waals surface area contributed by atoms with Gasteiger partial charge in [-0.3, -0.25) is 4.79 Å². The quantitative estimate of drug-likeness (QED) is 0.454. The van der Waals surface area contributed by atoms with Gasteiger partial charge in [-0.2, -0.15) is 0 Å². The van der Waals surface area contributed by atoms with E-state index in [2.05, 4.69) is 10.6 Å². The Labute approximate surface area is 152 Å². The number of aromatic carboxylic acids is 1. The summed E-state index contributed by atoms with van der Waals surface area (Å²) in [6.45, 7) is 0.158. The molecule has 1 atom stereocenters. The van der Waals surface area contributed by atoms with E-state index < -0.39 is 19.0 Å². The van der Waals surface area contributed by atoms with Gasteiger partial charge in [0.25, 0.3) is 0 Å². The number of carbonyl (C=O) groups is 2. The molecule has 9 heteroatoms. The Bertz CT molecular complexity index is 678. The summed E-state index contributed by atoms with van der Waals surface area (Å²) in [5, 5.41) is 25.3. The number of rotatable bonds is 5. The zero-order valence-corrected chi connectivity index (χ0v) is 14.5. The molecule has 1 aliphatic carbocycles. The maximum atomic E-state index is 12.2. The van der Waals surface area contributed by atoms with E-state index in [1.54, 1.807) is 12.1 Å². The first-order valence-corrected chi connectivity index (χ1v) is 8.92. The van der Waals surface area contributed by atoms with Gasteiger partial charge in [-0.1, -0.05) is 12.1 Å². The molecule has 1 amide bonds. The van der Waals surface area contributed by atoms with Gasteiger partial charge in [0.05, 0.1) is 18.0 Å². The number of carboxylic acids is 1. The molecule has 0 bridgehead atoms. The van der Waals surface area contributed by atoms with Crippen molar-refractivity contribution in [3.63, 3.8) is 0 Å². The molecule has 0 spiro atoms. The number of nitrogens with one attached hydrogen (secondary N) is 2. The van der Waals surface area contributed by atoms with E-state index in [1.807, 2.05) is 0 Å². The predicted octanol–water partition coefficient (Wildman–Crippen LogP) is -0.316. The zero-order valence-electron chi connectivity index (χ0n) is 14.5. The van der Waals surface area contributed by atoms with Crippen LogP contribution in [0.5, 0.6) is 5.75 Å². The number of hydrogen-bond acceptors (Lipinski definition) is 6. The van der Waals surface area contributed by atoms with Crippen molar-refractivity contribution >= 4 is 19.0 Å². The SMILES string of the molecule is N[C@H]1CC[C@H](NCC(=O)N[C@H]2Cc3cccc(C(=O)O)c3OB2O)CC1. The van der Waals surface area contributed by atoms with Crippen molar-refractivity contribution in [1.29, 1.82) is 0 Å². The minimum atomic E-state index is -1.29. The van der Waals surface area contributed by atoms with Crippen LogP contribution in [0.1, 0.15) is 41.6 Å². The van der Waals surface area contributed by atoms with Crippen LogP contribution in [0.4, 0.5) is 0 Å². The molecule has 1 fully saturated rings. The molecule has 0 radical (unpaired) electrons. The van der Waals surface area contributed by atoms with Crippen LogP contribution in [0, 0.1) is 0 Å². The van der Waals surface area contributed by atoms with Crippen molar-refractivity contribution in [1.82, 2.24) is 10.6 Å². The fraction of sp³-hybridized carbons (Fsp3) is 0.529. The Morgan fingerprint density at radius 3 is 2.69 bits per heavy atom. The molecule has 6 N–H and O–H groups in total. The monoisotopic (exact) mass is 361 g/mol. The molecule has 1 saturated carbocycles. The van der Waals surface area contributed by atoms with Crippen LogP contribution in [-0.2, 0) is 11.2 Å². The lowest BCUT2D eigenvalue weighted by Gasteiger charge is -2.30. The first kappa shape index (κ1) is 18.7. The summed E-state index contributed by atoms with van der Waals surface area (Å²) in [6, 6.07) is 5.32. The summed E-state index contributed by atoms with van der Waals surface area (Å²) < 4.78 is 5.37. The van der Waals surface area contributed by atoms with Gasteiger partial charge in [0.15, 0.2) is 0 Å². The zero-order chi connectivity index (χ0) is 18.7. The first-order chi connectivity index (χ1) is 12.4. The molecule has 0 aromatic heterocycles. The maximum Gasteiger partial charge on any atom is 0.547 e. The highest BCUT2D eigenvalue weighted by Gasteiger charge is 2.37. The molecule has 8 nitrogen and oxygen atoms in total.